The van der Waals surface area contributed by atoms with Crippen molar-refractivity contribution in [1.82, 2.24) is 4.90 Å². The van der Waals surface area contributed by atoms with Crippen LogP contribution in [-0.4, -0.2) is 48.8 Å². The van der Waals surface area contributed by atoms with E-state index in [-0.39, 0.29) is 29.4 Å². The lowest BCUT2D eigenvalue weighted by atomic mass is 9.56. The van der Waals surface area contributed by atoms with Crippen molar-refractivity contribution in [2.75, 3.05) is 10.4 Å². The number of amides is 4. The van der Waals surface area contributed by atoms with E-state index in [0.717, 1.165) is 14.0 Å². The number of hydrogen-bond donors (Lipinski definition) is 1. The van der Waals surface area contributed by atoms with Crippen LogP contribution in [0.15, 0.2) is 54.1 Å². The monoisotopic (exact) mass is 742 g/mol. The van der Waals surface area contributed by atoms with E-state index < -0.39 is 45.2 Å². The lowest BCUT2D eigenvalue weighted by molar-refractivity contribution is -0.138. The number of phenolic OH excluding ortho intramolecular Hbond substituents is 1. The summed E-state index contributed by atoms with van der Waals surface area (Å²) >= 11 is 19.8. The quantitative estimate of drug-likeness (QED) is 0.153. The number of hydrogen-bond acceptors (Lipinski definition) is 5. The number of benzene rings is 2. The molecule has 2 heterocycles. The summed E-state index contributed by atoms with van der Waals surface area (Å²) in [5.41, 5.74) is 2.30. The van der Waals surface area contributed by atoms with Crippen molar-refractivity contribution in [1.29, 1.82) is 0 Å². The molecule has 0 aromatic heterocycles. The second-order valence-electron chi connectivity index (χ2n) is 10.5. The number of aryl methyl sites for hydroxylation is 1. The predicted molar refractivity (Wildman–Crippen MR) is 158 cm³/mol. The van der Waals surface area contributed by atoms with Gasteiger partial charge in [0.2, 0.25) is 11.8 Å². The van der Waals surface area contributed by atoms with Crippen LogP contribution < -0.4 is 4.90 Å². The zero-order chi connectivity index (χ0) is 28.0. The molecule has 0 radical (unpaired) electrons. The standard InChI is InChI=1S/C28H22BrCl2IN2O5/c1-13-10-14(2-9-20(13)35)22-17-7-8-18-21(24(37)34(23(18)36)16-5-3-15(32)4-6-16)19(17)11-27(30)25(38)33(12-29)26(39)28(22,27)31/h2-7,9-10,18-19,21-22,35H,8,11-12H2,1H3. The van der Waals surface area contributed by atoms with Crippen molar-refractivity contribution < 1.29 is 24.3 Å². The van der Waals surface area contributed by atoms with E-state index in [1.54, 1.807) is 31.2 Å². The highest BCUT2D eigenvalue weighted by atomic mass is 127. The van der Waals surface area contributed by atoms with E-state index in [4.69, 9.17) is 23.2 Å². The molecule has 4 amide bonds. The van der Waals surface area contributed by atoms with Gasteiger partial charge in [-0.3, -0.25) is 29.0 Å². The van der Waals surface area contributed by atoms with Crippen molar-refractivity contribution in [2.24, 2.45) is 17.8 Å². The molecule has 6 rings (SSSR count). The summed E-state index contributed by atoms with van der Waals surface area (Å²) in [6.07, 6.45) is 2.13. The van der Waals surface area contributed by atoms with Gasteiger partial charge in [-0.1, -0.05) is 39.7 Å². The number of halogens is 4. The molecule has 6 unspecified atom stereocenters. The van der Waals surface area contributed by atoms with Crippen LogP contribution >= 0.6 is 61.7 Å². The van der Waals surface area contributed by atoms with Gasteiger partial charge in [-0.2, -0.15) is 0 Å². The molecule has 2 aliphatic heterocycles. The molecule has 2 aromatic rings. The Kier molecular flexibility index (Phi) is 6.49. The van der Waals surface area contributed by atoms with E-state index in [0.29, 0.717) is 23.2 Å². The van der Waals surface area contributed by atoms with Gasteiger partial charge in [0.05, 0.1) is 23.0 Å². The molecule has 2 saturated heterocycles. The summed E-state index contributed by atoms with van der Waals surface area (Å²) in [6.45, 7) is 1.73. The Morgan fingerprint density at radius 2 is 1.72 bits per heavy atom. The first-order chi connectivity index (χ1) is 18.5. The fourth-order valence-electron chi connectivity index (χ4n) is 6.83. The van der Waals surface area contributed by atoms with Crippen LogP contribution in [0, 0.1) is 28.2 Å². The van der Waals surface area contributed by atoms with Gasteiger partial charge in [0.15, 0.2) is 9.75 Å². The number of allylic oxidation sites excluding steroid dienone is 2. The zero-order valence-electron chi connectivity index (χ0n) is 20.5. The van der Waals surface area contributed by atoms with Crippen LogP contribution in [-0.2, 0) is 19.2 Å². The molecule has 202 valence electrons. The third kappa shape index (κ3) is 3.58. The Labute approximate surface area is 256 Å². The minimum absolute atomic E-state index is 0.0633. The van der Waals surface area contributed by atoms with E-state index in [1.165, 1.54) is 11.0 Å². The van der Waals surface area contributed by atoms with E-state index >= 15 is 0 Å². The lowest BCUT2D eigenvalue weighted by Crippen LogP contribution is -2.60. The molecule has 0 spiro atoms. The minimum atomic E-state index is -1.86. The predicted octanol–water partition coefficient (Wildman–Crippen LogP) is 5.22. The van der Waals surface area contributed by atoms with Crippen molar-refractivity contribution in [3.05, 3.63) is 68.8 Å². The molecule has 7 nitrogen and oxygen atoms in total. The van der Waals surface area contributed by atoms with Crippen LogP contribution in [0.4, 0.5) is 5.69 Å². The van der Waals surface area contributed by atoms with Crippen molar-refractivity contribution >= 4 is 91.0 Å². The molecule has 6 atom stereocenters. The van der Waals surface area contributed by atoms with Crippen molar-refractivity contribution in [3.8, 4) is 5.75 Å². The van der Waals surface area contributed by atoms with Crippen LogP contribution in [0.3, 0.4) is 0 Å². The van der Waals surface area contributed by atoms with Crippen LogP contribution in [0.2, 0.25) is 0 Å². The summed E-state index contributed by atoms with van der Waals surface area (Å²) in [5.74, 6) is -4.63. The molecule has 1 saturated carbocycles. The molecule has 4 aliphatic rings. The first-order valence-electron chi connectivity index (χ1n) is 12.4. The van der Waals surface area contributed by atoms with Gasteiger partial charge in [-0.15, -0.1) is 23.2 Å². The summed E-state index contributed by atoms with van der Waals surface area (Å²) in [5, 5.41) is 10.2. The van der Waals surface area contributed by atoms with Gasteiger partial charge in [-0.25, -0.2) is 0 Å². The Balaban J connectivity index is 1.52. The van der Waals surface area contributed by atoms with Crippen molar-refractivity contribution in [2.45, 2.75) is 35.4 Å². The average molecular weight is 744 g/mol. The van der Waals surface area contributed by atoms with Gasteiger partial charge in [0.1, 0.15) is 5.75 Å². The number of fused-ring (bicyclic) bond motifs is 4. The Hall–Kier alpha value is -1.95. The van der Waals surface area contributed by atoms with Gasteiger partial charge in [-0.05, 0) is 89.7 Å². The highest BCUT2D eigenvalue weighted by Gasteiger charge is 2.76. The molecule has 11 heteroatoms. The first kappa shape index (κ1) is 27.2. The normalized spacial score (nSPS) is 33.7. The number of imide groups is 2. The molecule has 39 heavy (non-hydrogen) atoms. The fourth-order valence-corrected chi connectivity index (χ4v) is 8.61. The minimum Gasteiger partial charge on any atom is -0.508 e. The number of phenols is 1. The highest BCUT2D eigenvalue weighted by Crippen LogP contribution is 2.65. The number of alkyl halides is 3. The SMILES string of the molecule is Cc1cc(C2C3=CCC4C(=O)N(c5ccc(I)cc5)C(=O)C4C3CC3(Cl)C(=O)N(CBr)C(=O)C23Cl)ccc1O. The average Bonchev–Trinajstić information content (AvgIpc) is 3.24. The number of anilines is 1. The Morgan fingerprint density at radius 1 is 1.03 bits per heavy atom. The largest absolute Gasteiger partial charge is 0.508 e. The third-order valence-electron chi connectivity index (χ3n) is 8.65. The highest BCUT2D eigenvalue weighted by molar-refractivity contribution is 14.1. The molecule has 2 aliphatic carbocycles. The summed E-state index contributed by atoms with van der Waals surface area (Å²) in [6, 6.07) is 12.1. The molecule has 0 bridgehead atoms. The number of carbonyl (C=O) groups is 4. The van der Waals surface area contributed by atoms with Crippen LogP contribution in [0.5, 0.6) is 5.75 Å². The summed E-state index contributed by atoms with van der Waals surface area (Å²) in [4.78, 5) is 53.5. The lowest BCUT2D eigenvalue weighted by Gasteiger charge is -2.50. The van der Waals surface area contributed by atoms with E-state index in [2.05, 4.69) is 38.5 Å². The molecule has 2 aromatic carbocycles. The number of aromatic hydroxyl groups is 1. The number of nitrogens with zero attached hydrogens (tertiary/aromatic N) is 2. The van der Waals surface area contributed by atoms with Gasteiger partial charge >= 0.3 is 0 Å². The van der Waals surface area contributed by atoms with Gasteiger partial charge < -0.3 is 5.11 Å². The molecular weight excluding hydrogens is 722 g/mol. The maximum absolute atomic E-state index is 14.0. The van der Waals surface area contributed by atoms with Crippen LogP contribution in [0.1, 0.15) is 29.9 Å². The van der Waals surface area contributed by atoms with Gasteiger partial charge in [0, 0.05) is 9.49 Å². The second-order valence-corrected chi connectivity index (χ2v) is 13.5. The zero-order valence-corrected chi connectivity index (χ0v) is 25.8. The molecule has 1 N–H and O–H groups in total. The van der Waals surface area contributed by atoms with Crippen LogP contribution in [0.25, 0.3) is 0 Å². The molecule has 3 fully saturated rings. The smallest absolute Gasteiger partial charge is 0.254 e. The number of rotatable bonds is 3. The summed E-state index contributed by atoms with van der Waals surface area (Å²) < 4.78 is 0.972. The van der Waals surface area contributed by atoms with E-state index in [1.807, 2.05) is 18.2 Å². The molecular formula is C28H22BrCl2IN2O5. The summed E-state index contributed by atoms with van der Waals surface area (Å²) in [7, 11) is 0. The first-order valence-corrected chi connectivity index (χ1v) is 15.3. The maximum atomic E-state index is 14.0. The number of likely N-dealkylation sites (tertiary alicyclic amines) is 1. The Bertz CT molecular complexity index is 1500. The number of carbonyl (C=O) groups excluding carboxylic acids is 4. The van der Waals surface area contributed by atoms with Crippen molar-refractivity contribution in [3.63, 3.8) is 0 Å². The fraction of sp³-hybridized carbons (Fsp3) is 0.357. The third-order valence-corrected chi connectivity index (χ3v) is 11.3. The Morgan fingerprint density at radius 3 is 2.36 bits per heavy atom. The van der Waals surface area contributed by atoms with E-state index in [9.17, 15) is 24.3 Å². The maximum Gasteiger partial charge on any atom is 0.254 e. The topological polar surface area (TPSA) is 95.0 Å². The second kappa shape index (κ2) is 9.29. The van der Waals surface area contributed by atoms with Gasteiger partial charge in [0.25, 0.3) is 11.8 Å².